The minimum absolute atomic E-state index is 0.424. The van der Waals surface area contributed by atoms with Gasteiger partial charge in [0.2, 0.25) is 0 Å². The van der Waals surface area contributed by atoms with Crippen LogP contribution >= 0.6 is 15.9 Å². The van der Waals surface area contributed by atoms with Gasteiger partial charge in [-0.2, -0.15) is 5.26 Å². The molecule has 4 nitrogen and oxygen atoms in total. The fourth-order valence-electron chi connectivity index (χ4n) is 2.58. The Kier molecular flexibility index (Phi) is 3.96. The number of furan rings is 1. The topological polar surface area (TPSA) is 65.6 Å². The zero-order valence-electron chi connectivity index (χ0n) is 13.0. The summed E-state index contributed by atoms with van der Waals surface area (Å²) in [6.07, 6.45) is 1.69. The number of H-pyrrole nitrogens is 1. The number of nitrogens with one attached hydrogen (secondary N) is 1. The number of imidazole rings is 1. The molecule has 0 saturated carbocycles. The average Bonchev–Trinajstić information content (AvgIpc) is 3.27. The van der Waals surface area contributed by atoms with Gasteiger partial charge >= 0.3 is 0 Å². The van der Waals surface area contributed by atoms with E-state index in [-0.39, 0.29) is 0 Å². The van der Waals surface area contributed by atoms with Gasteiger partial charge in [0.25, 0.3) is 0 Å². The third-order valence-corrected chi connectivity index (χ3v) is 4.34. The molecule has 0 bridgehead atoms. The van der Waals surface area contributed by atoms with Gasteiger partial charge in [0.15, 0.2) is 0 Å². The summed E-state index contributed by atoms with van der Waals surface area (Å²) in [5.41, 5.74) is 3.13. The van der Waals surface area contributed by atoms with Gasteiger partial charge in [0, 0.05) is 16.1 Å². The highest BCUT2D eigenvalue weighted by Gasteiger charge is 2.10. The number of nitrogens with zero attached hydrogens (tertiary/aromatic N) is 2. The molecule has 0 aliphatic carbocycles. The molecule has 0 aliphatic heterocycles. The van der Waals surface area contributed by atoms with Crippen LogP contribution in [0.3, 0.4) is 0 Å². The molecule has 0 unspecified atom stereocenters. The number of para-hydroxylation sites is 2. The van der Waals surface area contributed by atoms with Gasteiger partial charge in [-0.25, -0.2) is 4.98 Å². The Hall–Kier alpha value is -3.10. The number of nitriles is 1. The van der Waals surface area contributed by atoms with Crippen molar-refractivity contribution in [3.05, 3.63) is 76.7 Å². The van der Waals surface area contributed by atoms with E-state index in [2.05, 4.69) is 32.0 Å². The largest absolute Gasteiger partial charge is 0.457 e. The third-order valence-electron chi connectivity index (χ3n) is 3.81. The Bertz CT molecular complexity index is 1080. The van der Waals surface area contributed by atoms with Crippen molar-refractivity contribution in [1.29, 1.82) is 5.26 Å². The number of hydrogen-bond donors (Lipinski definition) is 1. The van der Waals surface area contributed by atoms with E-state index in [9.17, 15) is 5.26 Å². The molecule has 5 heteroatoms. The van der Waals surface area contributed by atoms with Crippen molar-refractivity contribution in [2.24, 2.45) is 0 Å². The molecule has 0 fully saturated rings. The Morgan fingerprint density at radius 1 is 1.08 bits per heavy atom. The number of allylic oxidation sites excluding steroid dienone is 1. The first-order chi connectivity index (χ1) is 12.2. The molecule has 2 aromatic heterocycles. The number of hydrogen-bond acceptors (Lipinski definition) is 3. The quantitative estimate of drug-likeness (QED) is 0.460. The molecule has 0 spiro atoms. The van der Waals surface area contributed by atoms with Gasteiger partial charge in [-0.05, 0) is 36.4 Å². The number of halogens is 1. The highest BCUT2D eigenvalue weighted by Crippen LogP contribution is 2.26. The zero-order chi connectivity index (χ0) is 17.2. The fourth-order valence-corrected chi connectivity index (χ4v) is 2.84. The molecular weight excluding hydrogens is 378 g/mol. The van der Waals surface area contributed by atoms with E-state index in [0.717, 1.165) is 26.8 Å². The van der Waals surface area contributed by atoms with Crippen LogP contribution in [0.2, 0.25) is 0 Å². The Morgan fingerprint density at radius 2 is 1.88 bits per heavy atom. The molecule has 1 N–H and O–H groups in total. The van der Waals surface area contributed by atoms with Crippen LogP contribution in [0.25, 0.3) is 34.0 Å². The molecule has 4 rings (SSSR count). The predicted molar refractivity (Wildman–Crippen MR) is 101 cm³/mol. The highest BCUT2D eigenvalue weighted by molar-refractivity contribution is 9.10. The van der Waals surface area contributed by atoms with Crippen LogP contribution in [0.1, 0.15) is 11.6 Å². The molecule has 2 aromatic carbocycles. The third kappa shape index (κ3) is 3.12. The second-order valence-electron chi connectivity index (χ2n) is 5.48. The van der Waals surface area contributed by atoms with Crippen LogP contribution in [0.4, 0.5) is 0 Å². The van der Waals surface area contributed by atoms with E-state index in [4.69, 9.17) is 4.42 Å². The first kappa shape index (κ1) is 15.4. The van der Waals surface area contributed by atoms with Crippen LogP contribution < -0.4 is 0 Å². The van der Waals surface area contributed by atoms with E-state index in [0.29, 0.717) is 17.2 Å². The molecule has 0 atom stereocenters. The summed E-state index contributed by atoms with van der Waals surface area (Å²) in [7, 11) is 0. The summed E-state index contributed by atoms with van der Waals surface area (Å²) in [6, 6.07) is 21.5. The summed E-state index contributed by atoms with van der Waals surface area (Å²) in [5.74, 6) is 1.89. The molecule has 0 saturated heterocycles. The van der Waals surface area contributed by atoms with E-state index < -0.39 is 0 Å². The average molecular weight is 390 g/mol. The normalized spacial score (nSPS) is 11.6. The molecular formula is C20H12BrN3O. The molecule has 120 valence electrons. The van der Waals surface area contributed by atoms with Gasteiger partial charge in [0.1, 0.15) is 23.4 Å². The van der Waals surface area contributed by atoms with E-state index in [1.54, 1.807) is 6.08 Å². The van der Waals surface area contributed by atoms with Gasteiger partial charge in [0.05, 0.1) is 16.6 Å². The van der Waals surface area contributed by atoms with Gasteiger partial charge in [-0.1, -0.05) is 40.2 Å². The summed E-state index contributed by atoms with van der Waals surface area (Å²) in [4.78, 5) is 7.62. The lowest BCUT2D eigenvalue weighted by molar-refractivity contribution is 0.572. The van der Waals surface area contributed by atoms with Crippen molar-refractivity contribution < 1.29 is 4.42 Å². The van der Waals surface area contributed by atoms with Crippen LogP contribution in [0.5, 0.6) is 0 Å². The van der Waals surface area contributed by atoms with Crippen molar-refractivity contribution in [1.82, 2.24) is 9.97 Å². The van der Waals surface area contributed by atoms with E-state index in [1.807, 2.05) is 60.7 Å². The van der Waals surface area contributed by atoms with E-state index in [1.165, 1.54) is 0 Å². The number of rotatable bonds is 3. The summed E-state index contributed by atoms with van der Waals surface area (Å²) >= 11 is 3.42. The monoisotopic (exact) mass is 389 g/mol. The Labute approximate surface area is 152 Å². The fraction of sp³-hybridized carbons (Fsp3) is 0. The van der Waals surface area contributed by atoms with Crippen molar-refractivity contribution in [3.8, 4) is 17.4 Å². The maximum Gasteiger partial charge on any atom is 0.149 e. The van der Waals surface area contributed by atoms with Gasteiger partial charge < -0.3 is 9.40 Å². The van der Waals surface area contributed by atoms with Crippen molar-refractivity contribution in [2.45, 2.75) is 0 Å². The molecule has 0 amide bonds. The van der Waals surface area contributed by atoms with Crippen LogP contribution in [-0.4, -0.2) is 9.97 Å². The maximum atomic E-state index is 9.50. The van der Waals surface area contributed by atoms with Gasteiger partial charge in [-0.3, -0.25) is 0 Å². The number of aromatic amines is 1. The second-order valence-corrected chi connectivity index (χ2v) is 6.40. The lowest BCUT2D eigenvalue weighted by Gasteiger charge is -1.97. The molecule has 25 heavy (non-hydrogen) atoms. The van der Waals surface area contributed by atoms with Crippen molar-refractivity contribution in [3.63, 3.8) is 0 Å². The number of aromatic nitrogens is 2. The zero-order valence-corrected chi connectivity index (χ0v) is 14.6. The smallest absolute Gasteiger partial charge is 0.149 e. The standard InChI is InChI=1S/C20H12BrN3O/c21-15-7-5-13(6-8-15)19-10-9-16(25-19)11-14(12-22)20-23-17-3-1-2-4-18(17)24-20/h1-11H,(H,23,24)/b14-11-. The number of fused-ring (bicyclic) bond motifs is 1. The van der Waals surface area contributed by atoms with Crippen molar-refractivity contribution in [2.75, 3.05) is 0 Å². The van der Waals surface area contributed by atoms with Crippen LogP contribution in [0, 0.1) is 11.3 Å². The lowest BCUT2D eigenvalue weighted by Crippen LogP contribution is -1.84. The highest BCUT2D eigenvalue weighted by atomic mass is 79.9. The Morgan fingerprint density at radius 3 is 2.64 bits per heavy atom. The first-order valence-corrected chi connectivity index (χ1v) is 8.45. The molecule has 4 aromatic rings. The van der Waals surface area contributed by atoms with Crippen molar-refractivity contribution >= 4 is 38.6 Å². The molecule has 2 heterocycles. The van der Waals surface area contributed by atoms with Crippen LogP contribution in [-0.2, 0) is 0 Å². The molecule has 0 aliphatic rings. The predicted octanol–water partition coefficient (Wildman–Crippen LogP) is 5.65. The second kappa shape index (κ2) is 6.42. The van der Waals surface area contributed by atoms with Gasteiger partial charge in [-0.15, -0.1) is 0 Å². The number of benzene rings is 2. The minimum Gasteiger partial charge on any atom is -0.457 e. The summed E-state index contributed by atoms with van der Waals surface area (Å²) in [6.45, 7) is 0. The van der Waals surface area contributed by atoms with E-state index >= 15 is 0 Å². The SMILES string of the molecule is N#C/C(=C/c1ccc(-c2ccc(Br)cc2)o1)c1nc2ccccc2[nH]1. The molecule has 0 radical (unpaired) electrons. The lowest BCUT2D eigenvalue weighted by atomic mass is 10.2. The first-order valence-electron chi connectivity index (χ1n) is 7.65. The summed E-state index contributed by atoms with van der Waals surface area (Å²) in [5, 5.41) is 9.50. The Balaban J connectivity index is 1.69. The maximum absolute atomic E-state index is 9.50. The van der Waals surface area contributed by atoms with Crippen LogP contribution in [0.15, 0.2) is 69.6 Å². The summed E-state index contributed by atoms with van der Waals surface area (Å²) < 4.78 is 6.87. The minimum atomic E-state index is 0.424.